The summed E-state index contributed by atoms with van der Waals surface area (Å²) < 4.78 is 5.72. The molecule has 0 aromatic rings. The van der Waals surface area contributed by atoms with Crippen molar-refractivity contribution in [1.29, 1.82) is 0 Å². The van der Waals surface area contributed by atoms with Gasteiger partial charge in [-0.25, -0.2) is 0 Å². The molecule has 12 heteroatoms. The fraction of sp³-hybridized carbons (Fsp3) is 0. The average molecular weight is 272 g/mol. The van der Waals surface area contributed by atoms with Crippen molar-refractivity contribution in [2.24, 2.45) is 0 Å². The second-order valence-corrected chi connectivity index (χ2v) is 1.20. The minimum Gasteiger partial charge on any atom is -0.483 e. The van der Waals surface area contributed by atoms with Crippen LogP contribution in [0.3, 0.4) is 0 Å². The molecule has 0 amide bonds. The number of carbonyl (C=O) groups is 4. The number of rotatable bonds is 0. The Bertz CT molecular complexity index is 201. The molecule has 0 saturated carbocycles. The Kier molecular flexibility index (Phi) is 22.3. The number of carbonyl (C=O) groups excluding carboxylic acids is 4. The van der Waals surface area contributed by atoms with Gasteiger partial charge in [0, 0.05) is 0 Å². The summed E-state index contributed by atoms with van der Waals surface area (Å²) in [5, 5.41) is 36.2. The van der Waals surface area contributed by atoms with Crippen molar-refractivity contribution < 1.29 is 49.1 Å². The summed E-state index contributed by atoms with van der Waals surface area (Å²) in [6.07, 6.45) is -8.50. The van der Waals surface area contributed by atoms with Crippen LogP contribution in [0.25, 0.3) is 0 Å². The molecule has 80 valence electrons. The molecule has 0 heterocycles. The van der Waals surface area contributed by atoms with Crippen LogP contribution in [0.15, 0.2) is 0 Å². The summed E-state index contributed by atoms with van der Waals surface area (Å²) in [4.78, 5) is 36.2. The standard InChI is InChI=1S/2C2H2O5.Ca.Mg/c2*3-1(4)7-2(5)6;;/h2*(H,3,4)(H,5,6);;/q;;2*+2/p-4. The molecule has 0 radical (unpaired) electrons. The van der Waals surface area contributed by atoms with Crippen molar-refractivity contribution in [2.45, 2.75) is 0 Å². The first-order valence-electron chi connectivity index (χ1n) is 2.45. The number of hydrogen-bond donors (Lipinski definition) is 0. The Morgan fingerprint density at radius 2 is 0.750 bits per heavy atom. The summed E-state index contributed by atoms with van der Waals surface area (Å²) in [5.41, 5.74) is 0. The first-order valence-corrected chi connectivity index (χ1v) is 2.45. The Morgan fingerprint density at radius 3 is 0.750 bits per heavy atom. The second kappa shape index (κ2) is 14.5. The molecule has 0 atom stereocenters. The smallest absolute Gasteiger partial charge is 0.483 e. The first kappa shape index (κ1) is 24.6. The topological polar surface area (TPSA) is 179 Å². The summed E-state index contributed by atoms with van der Waals surface area (Å²) in [6, 6.07) is 0. The Morgan fingerprint density at radius 1 is 0.625 bits per heavy atom. The van der Waals surface area contributed by atoms with Crippen molar-refractivity contribution in [3.05, 3.63) is 0 Å². The predicted octanol–water partition coefficient (Wildman–Crippen LogP) is -5.38. The first-order chi connectivity index (χ1) is 6.25. The molecule has 0 spiro atoms. The van der Waals surface area contributed by atoms with E-state index in [0.29, 0.717) is 0 Å². The van der Waals surface area contributed by atoms with E-state index in [-0.39, 0.29) is 60.8 Å². The Balaban J connectivity index is -0.0000000800. The van der Waals surface area contributed by atoms with Crippen molar-refractivity contribution in [1.82, 2.24) is 0 Å². The van der Waals surface area contributed by atoms with Crippen LogP contribution in [0.5, 0.6) is 0 Å². The molecule has 0 unspecified atom stereocenters. The quantitative estimate of drug-likeness (QED) is 0.234. The fourth-order valence-electron chi connectivity index (χ4n) is 0.136. The molecule has 0 N–H and O–H groups in total. The van der Waals surface area contributed by atoms with Crippen LogP contribution in [0, 0.1) is 0 Å². The van der Waals surface area contributed by atoms with Gasteiger partial charge in [-0.3, -0.25) is 0 Å². The molecule has 0 aliphatic carbocycles. The molecule has 0 aromatic carbocycles. The molecule has 0 fully saturated rings. The molecule has 0 aliphatic heterocycles. The summed E-state index contributed by atoms with van der Waals surface area (Å²) in [7, 11) is 0. The van der Waals surface area contributed by atoms with E-state index in [9.17, 15) is 0 Å². The third kappa shape index (κ3) is 37.5. The van der Waals surface area contributed by atoms with Crippen molar-refractivity contribution in [3.63, 3.8) is 0 Å². The maximum Gasteiger partial charge on any atom is 2.00 e. The van der Waals surface area contributed by atoms with Crippen molar-refractivity contribution in [3.8, 4) is 0 Å². The third-order valence-electron chi connectivity index (χ3n) is 0.333. The minimum atomic E-state index is -2.12. The molecule has 0 bridgehead atoms. The summed E-state index contributed by atoms with van der Waals surface area (Å²) in [6.45, 7) is 0. The zero-order chi connectivity index (χ0) is 11.7. The van der Waals surface area contributed by atoms with Gasteiger partial charge in [-0.1, -0.05) is 0 Å². The Labute approximate surface area is 133 Å². The number of ether oxygens (including phenoxy) is 2. The van der Waals surface area contributed by atoms with Gasteiger partial charge in [-0.05, 0) is 0 Å². The summed E-state index contributed by atoms with van der Waals surface area (Å²) >= 11 is 0. The van der Waals surface area contributed by atoms with Crippen molar-refractivity contribution >= 4 is 85.4 Å². The maximum absolute atomic E-state index is 9.06. The van der Waals surface area contributed by atoms with E-state index < -0.39 is 24.6 Å². The van der Waals surface area contributed by atoms with Crippen LogP contribution in [0.2, 0.25) is 0 Å². The van der Waals surface area contributed by atoms with Gasteiger partial charge in [-0.15, -0.1) is 0 Å². The molecule has 10 nitrogen and oxygen atoms in total. The Hall–Kier alpha value is -0.494. The fourth-order valence-corrected chi connectivity index (χ4v) is 0.136. The van der Waals surface area contributed by atoms with E-state index in [4.69, 9.17) is 39.6 Å². The van der Waals surface area contributed by atoms with Crippen LogP contribution in [-0.4, -0.2) is 85.4 Å². The van der Waals surface area contributed by atoms with Gasteiger partial charge in [0.05, 0.1) is 0 Å². The predicted molar refractivity (Wildman–Crippen MR) is 35.3 cm³/mol. The van der Waals surface area contributed by atoms with E-state index in [0.717, 1.165) is 0 Å². The van der Waals surface area contributed by atoms with Crippen LogP contribution in [0.4, 0.5) is 19.2 Å². The summed E-state index contributed by atoms with van der Waals surface area (Å²) in [5.74, 6) is 0. The second-order valence-electron chi connectivity index (χ2n) is 1.20. The molecular weight excluding hydrogens is 272 g/mol. The van der Waals surface area contributed by atoms with E-state index in [1.54, 1.807) is 0 Å². The van der Waals surface area contributed by atoms with E-state index in [1.807, 2.05) is 0 Å². The van der Waals surface area contributed by atoms with Crippen LogP contribution < -0.4 is 20.4 Å². The van der Waals surface area contributed by atoms with Gasteiger partial charge in [0.1, 0.15) is 0 Å². The molecule has 0 aliphatic rings. The van der Waals surface area contributed by atoms with Gasteiger partial charge < -0.3 is 49.1 Å². The van der Waals surface area contributed by atoms with E-state index in [1.165, 1.54) is 0 Å². The van der Waals surface area contributed by atoms with Crippen LogP contribution >= 0.6 is 0 Å². The van der Waals surface area contributed by atoms with Gasteiger partial charge in [0.25, 0.3) is 24.6 Å². The third-order valence-corrected chi connectivity index (χ3v) is 0.333. The monoisotopic (exact) mass is 272 g/mol. The van der Waals surface area contributed by atoms with Crippen LogP contribution in [0.1, 0.15) is 0 Å². The van der Waals surface area contributed by atoms with Gasteiger partial charge in [0.2, 0.25) is 0 Å². The maximum atomic E-state index is 9.06. The zero-order valence-electron chi connectivity index (χ0n) is 7.50. The molecular formula is C4CaMgO10. The largest absolute Gasteiger partial charge is 2.00 e. The SMILES string of the molecule is O=C([O-])OC(=O)[O-].O=C([O-])OC(=O)[O-].[Ca+2].[Mg+2]. The molecule has 0 rings (SSSR count). The van der Waals surface area contributed by atoms with Gasteiger partial charge in [0.15, 0.2) is 0 Å². The zero-order valence-corrected chi connectivity index (χ0v) is 11.1. The minimum absolute atomic E-state index is 0. The number of carboxylic acid groups (broad SMARTS) is 4. The van der Waals surface area contributed by atoms with E-state index in [2.05, 4.69) is 9.47 Å². The average Bonchev–Trinajstić information content (AvgIpc) is 1.79. The van der Waals surface area contributed by atoms with Gasteiger partial charge >= 0.3 is 60.8 Å². The normalized spacial score (nSPS) is 6.50. The molecule has 0 saturated heterocycles. The van der Waals surface area contributed by atoms with Crippen molar-refractivity contribution in [2.75, 3.05) is 0 Å². The molecule has 16 heavy (non-hydrogen) atoms. The number of hydrogen-bond acceptors (Lipinski definition) is 10. The molecule has 0 aromatic heterocycles. The van der Waals surface area contributed by atoms with Gasteiger partial charge in [-0.2, -0.15) is 0 Å². The van der Waals surface area contributed by atoms with Crippen LogP contribution in [-0.2, 0) is 9.47 Å². The van der Waals surface area contributed by atoms with E-state index >= 15 is 0 Å².